The van der Waals surface area contributed by atoms with Crippen molar-refractivity contribution in [2.75, 3.05) is 20.3 Å². The Morgan fingerprint density at radius 3 is 2.45 bits per heavy atom. The fourth-order valence-corrected chi connectivity index (χ4v) is 5.48. The Balaban J connectivity index is 1.59. The van der Waals surface area contributed by atoms with Crippen LogP contribution in [0, 0.1) is 24.0 Å². The van der Waals surface area contributed by atoms with Crippen LogP contribution >= 0.6 is 0 Å². The second-order valence-electron chi connectivity index (χ2n) is 11.9. The maximum absolute atomic E-state index is 15.9. The van der Waals surface area contributed by atoms with Gasteiger partial charge in [0.05, 0.1) is 30.6 Å². The van der Waals surface area contributed by atoms with Crippen LogP contribution in [0.15, 0.2) is 48.5 Å². The van der Waals surface area contributed by atoms with Crippen LogP contribution in [0.2, 0.25) is 0 Å². The molecule has 0 bridgehead atoms. The van der Waals surface area contributed by atoms with E-state index in [0.717, 1.165) is 0 Å². The average Bonchev–Trinajstić information content (AvgIpc) is 3.25. The molecule has 1 saturated heterocycles. The molecule has 10 heteroatoms. The lowest BCUT2D eigenvalue weighted by molar-refractivity contribution is -0.0576. The Morgan fingerprint density at radius 2 is 1.83 bits per heavy atom. The highest BCUT2D eigenvalue weighted by Gasteiger charge is 2.53. The summed E-state index contributed by atoms with van der Waals surface area (Å²) in [4.78, 5) is 18.3. The van der Waals surface area contributed by atoms with Crippen LogP contribution in [0.5, 0.6) is 5.75 Å². The van der Waals surface area contributed by atoms with E-state index < -0.39 is 28.3 Å². The molecule has 5 rings (SSSR count). The molecule has 3 heterocycles. The van der Waals surface area contributed by atoms with E-state index >= 15 is 4.39 Å². The Kier molecular flexibility index (Phi) is 7.49. The molecular formula is C32H34F2N4O4. The highest BCUT2D eigenvalue weighted by molar-refractivity contribution is 5.99. The highest BCUT2D eigenvalue weighted by Crippen LogP contribution is 2.50. The molecule has 1 aliphatic heterocycles. The van der Waals surface area contributed by atoms with Gasteiger partial charge in [-0.3, -0.25) is 4.79 Å². The van der Waals surface area contributed by atoms with Crippen LogP contribution in [0.3, 0.4) is 0 Å². The van der Waals surface area contributed by atoms with E-state index in [-0.39, 0.29) is 23.7 Å². The fourth-order valence-electron chi connectivity index (χ4n) is 5.48. The van der Waals surface area contributed by atoms with E-state index in [1.54, 1.807) is 12.1 Å². The van der Waals surface area contributed by atoms with Gasteiger partial charge in [0.15, 0.2) is 5.82 Å². The summed E-state index contributed by atoms with van der Waals surface area (Å²) in [7, 11) is 1.50. The predicted octanol–water partition coefficient (Wildman–Crippen LogP) is 5.59. The quantitative estimate of drug-likeness (QED) is 0.296. The van der Waals surface area contributed by atoms with Gasteiger partial charge >= 0.3 is 0 Å². The van der Waals surface area contributed by atoms with Crippen molar-refractivity contribution < 1.29 is 28.2 Å². The van der Waals surface area contributed by atoms with Gasteiger partial charge in [-0.15, -0.1) is 5.10 Å². The number of halogens is 2. The molecule has 1 amide bonds. The van der Waals surface area contributed by atoms with Crippen LogP contribution < -0.4 is 10.1 Å². The van der Waals surface area contributed by atoms with E-state index in [2.05, 4.69) is 15.5 Å². The standard InChI is InChI=1S/C32H34F2N4O4/c1-18-13-20-14-21(15-24(41-6)27(20)38-37-18)29(39)35-17-32(30(2,3)11-12-42-32)25-16-23(31(4,5)40)26(34)28(36-25)19-7-9-22(33)10-8-19/h7-10,13-16,40H,11-12,17H2,1-6H3,(H,35,39)/t32-/m1/s1. The van der Waals surface area contributed by atoms with E-state index in [0.29, 0.717) is 52.2 Å². The minimum Gasteiger partial charge on any atom is -0.494 e. The first kappa shape index (κ1) is 29.5. The topological polar surface area (TPSA) is 106 Å². The molecule has 2 aromatic heterocycles. The average molecular weight is 577 g/mol. The first-order chi connectivity index (χ1) is 19.8. The van der Waals surface area contributed by atoms with Crippen molar-refractivity contribution in [1.82, 2.24) is 20.5 Å². The molecule has 0 aliphatic carbocycles. The van der Waals surface area contributed by atoms with Crippen molar-refractivity contribution in [2.24, 2.45) is 5.41 Å². The van der Waals surface area contributed by atoms with E-state index in [4.69, 9.17) is 14.5 Å². The summed E-state index contributed by atoms with van der Waals surface area (Å²) in [6.45, 7) is 9.17. The maximum Gasteiger partial charge on any atom is 0.251 e. The van der Waals surface area contributed by atoms with Crippen molar-refractivity contribution in [3.05, 3.63) is 82.7 Å². The molecule has 2 N–H and O–H groups in total. The molecule has 42 heavy (non-hydrogen) atoms. The second-order valence-corrected chi connectivity index (χ2v) is 11.9. The number of hydrogen-bond acceptors (Lipinski definition) is 7. The number of nitrogens with zero attached hydrogens (tertiary/aromatic N) is 3. The normalized spacial score (nSPS) is 18.3. The minimum absolute atomic E-state index is 0.0135. The number of rotatable bonds is 7. The van der Waals surface area contributed by atoms with Crippen molar-refractivity contribution in [3.63, 3.8) is 0 Å². The lowest BCUT2D eigenvalue weighted by Gasteiger charge is -2.40. The number of methoxy groups -OCH3 is 1. The first-order valence-corrected chi connectivity index (χ1v) is 13.7. The Morgan fingerprint density at radius 1 is 1.12 bits per heavy atom. The molecule has 2 aromatic carbocycles. The number of fused-ring (bicyclic) bond motifs is 1. The van der Waals surface area contributed by atoms with Crippen molar-refractivity contribution in [3.8, 4) is 17.0 Å². The molecule has 1 atom stereocenters. The number of pyridine rings is 1. The molecule has 0 saturated carbocycles. The number of aliphatic hydroxyl groups is 1. The van der Waals surface area contributed by atoms with Crippen molar-refractivity contribution in [2.45, 2.75) is 52.2 Å². The van der Waals surface area contributed by atoms with Gasteiger partial charge in [0.25, 0.3) is 5.91 Å². The number of amides is 1. The van der Waals surface area contributed by atoms with Gasteiger partial charge in [-0.25, -0.2) is 13.8 Å². The number of carbonyl (C=O) groups excluding carboxylic acids is 1. The molecule has 1 aliphatic rings. The predicted molar refractivity (Wildman–Crippen MR) is 154 cm³/mol. The van der Waals surface area contributed by atoms with Gasteiger partial charge in [-0.05, 0) is 75.7 Å². The zero-order valence-electron chi connectivity index (χ0n) is 24.5. The van der Waals surface area contributed by atoms with Crippen LogP contribution in [-0.4, -0.2) is 46.5 Å². The third-order valence-corrected chi connectivity index (χ3v) is 8.07. The zero-order valence-corrected chi connectivity index (χ0v) is 24.5. The van der Waals surface area contributed by atoms with E-state index in [1.807, 2.05) is 26.8 Å². The van der Waals surface area contributed by atoms with Gasteiger partial charge in [0.2, 0.25) is 0 Å². The van der Waals surface area contributed by atoms with Gasteiger partial charge in [0.1, 0.15) is 28.4 Å². The maximum atomic E-state index is 15.9. The minimum atomic E-state index is -1.56. The summed E-state index contributed by atoms with van der Waals surface area (Å²) in [5, 5.41) is 22.9. The number of ether oxygens (including phenoxy) is 2. The monoisotopic (exact) mass is 576 g/mol. The summed E-state index contributed by atoms with van der Waals surface area (Å²) in [6, 6.07) is 12.0. The van der Waals surface area contributed by atoms with Gasteiger partial charge in [-0.1, -0.05) is 13.8 Å². The fraction of sp³-hybridized carbons (Fsp3) is 0.375. The van der Waals surface area contributed by atoms with Crippen molar-refractivity contribution in [1.29, 1.82) is 0 Å². The third-order valence-electron chi connectivity index (χ3n) is 8.07. The summed E-state index contributed by atoms with van der Waals surface area (Å²) in [5.41, 5.74) is -1.02. The summed E-state index contributed by atoms with van der Waals surface area (Å²) in [6.07, 6.45) is 0.646. The lowest BCUT2D eigenvalue weighted by atomic mass is 9.71. The van der Waals surface area contributed by atoms with Crippen molar-refractivity contribution >= 4 is 16.8 Å². The smallest absolute Gasteiger partial charge is 0.251 e. The zero-order chi connectivity index (χ0) is 30.4. The van der Waals surface area contributed by atoms with Gasteiger partial charge in [-0.2, -0.15) is 5.10 Å². The number of aromatic nitrogens is 3. The largest absolute Gasteiger partial charge is 0.494 e. The Hall–Kier alpha value is -4.02. The van der Waals surface area contributed by atoms with E-state index in [9.17, 15) is 14.3 Å². The summed E-state index contributed by atoms with van der Waals surface area (Å²) < 4.78 is 41.4. The molecule has 1 fully saturated rings. The number of carbonyl (C=O) groups is 1. The first-order valence-electron chi connectivity index (χ1n) is 13.7. The molecule has 0 radical (unpaired) electrons. The Labute approximate surface area is 243 Å². The third kappa shape index (κ3) is 5.20. The van der Waals surface area contributed by atoms with Crippen LogP contribution in [-0.2, 0) is 15.9 Å². The molecule has 4 aromatic rings. The molecular weight excluding hydrogens is 542 g/mol. The van der Waals surface area contributed by atoms with Gasteiger partial charge < -0.3 is 19.9 Å². The van der Waals surface area contributed by atoms with E-state index in [1.165, 1.54) is 51.3 Å². The van der Waals surface area contributed by atoms with Crippen LogP contribution in [0.25, 0.3) is 22.2 Å². The number of aryl methyl sites for hydroxylation is 1. The van der Waals surface area contributed by atoms with Crippen LogP contribution in [0.4, 0.5) is 8.78 Å². The number of hydrogen-bond donors (Lipinski definition) is 2. The highest BCUT2D eigenvalue weighted by atomic mass is 19.1. The van der Waals surface area contributed by atoms with Crippen LogP contribution in [0.1, 0.15) is 61.4 Å². The van der Waals surface area contributed by atoms with Gasteiger partial charge in [0, 0.05) is 34.1 Å². The molecule has 220 valence electrons. The summed E-state index contributed by atoms with van der Waals surface area (Å²) >= 11 is 0. The second kappa shape index (κ2) is 10.7. The summed E-state index contributed by atoms with van der Waals surface area (Å²) in [5.74, 6) is -1.14. The Bertz CT molecular complexity index is 1670. The molecule has 8 nitrogen and oxygen atoms in total. The number of benzene rings is 2. The SMILES string of the molecule is COc1cc(C(=O)NC[C@]2(c3cc(C(C)(C)O)c(F)c(-c4ccc(F)cc4)n3)OCCC2(C)C)cc2cc(C)nnc12. The molecule has 0 unspecified atom stereocenters. The number of nitrogens with one attached hydrogen (secondary N) is 1. The molecule has 0 spiro atoms. The lowest BCUT2D eigenvalue weighted by Crippen LogP contribution is -2.49.